The van der Waals surface area contributed by atoms with Gasteiger partial charge in [0.05, 0.1) is 0 Å². The van der Waals surface area contributed by atoms with Gasteiger partial charge in [-0.2, -0.15) is 0 Å². The van der Waals surface area contributed by atoms with Gasteiger partial charge in [0.1, 0.15) is 5.82 Å². The van der Waals surface area contributed by atoms with Crippen molar-refractivity contribution < 1.29 is 4.79 Å². The van der Waals surface area contributed by atoms with Crippen LogP contribution in [0, 0.1) is 5.92 Å². The molecule has 2 N–H and O–H groups in total. The van der Waals surface area contributed by atoms with Crippen LogP contribution in [-0.2, 0) is 6.54 Å². The highest BCUT2D eigenvalue weighted by Crippen LogP contribution is 2.28. The van der Waals surface area contributed by atoms with E-state index in [0.29, 0.717) is 29.7 Å². The van der Waals surface area contributed by atoms with Crippen LogP contribution in [0.1, 0.15) is 35.2 Å². The van der Waals surface area contributed by atoms with Crippen LogP contribution in [0.2, 0.25) is 0 Å². The lowest BCUT2D eigenvalue weighted by atomic mass is 9.85. The molecule has 1 saturated carbocycles. The molecule has 0 spiro atoms. The number of hydrogen-bond donors (Lipinski definition) is 1. The largest absolute Gasteiger partial charge is 0.384 e. The molecule has 1 fully saturated rings. The van der Waals surface area contributed by atoms with Crippen LogP contribution in [-0.4, -0.2) is 27.3 Å². The predicted octanol–water partition coefficient (Wildman–Crippen LogP) is 4.17. The molecule has 1 aliphatic carbocycles. The average molecular weight is 372 g/mol. The number of carbonyl (C=O) groups excluding carboxylic acids is 1. The zero-order valence-corrected chi connectivity index (χ0v) is 15.8. The van der Waals surface area contributed by atoms with Crippen molar-refractivity contribution in [3.8, 4) is 11.4 Å². The van der Waals surface area contributed by atoms with Gasteiger partial charge in [0.2, 0.25) is 0 Å². The minimum Gasteiger partial charge on any atom is -0.384 e. The Kier molecular flexibility index (Phi) is 5.33. The van der Waals surface area contributed by atoms with Gasteiger partial charge in [-0.1, -0.05) is 48.9 Å². The maximum atomic E-state index is 13.2. The third-order valence-electron chi connectivity index (χ3n) is 5.27. The van der Waals surface area contributed by atoms with E-state index in [1.807, 2.05) is 47.4 Å². The second kappa shape index (κ2) is 8.21. The smallest absolute Gasteiger partial charge is 0.254 e. The molecule has 28 heavy (non-hydrogen) atoms. The topological polar surface area (TPSA) is 72.1 Å². The van der Waals surface area contributed by atoms with Gasteiger partial charge in [0.15, 0.2) is 5.82 Å². The van der Waals surface area contributed by atoms with E-state index in [0.717, 1.165) is 17.7 Å². The number of nitrogen functional groups attached to an aromatic ring is 1. The molecule has 1 heterocycles. The highest BCUT2D eigenvalue weighted by Gasteiger charge is 2.24. The van der Waals surface area contributed by atoms with E-state index < -0.39 is 0 Å². The first-order chi connectivity index (χ1) is 13.7. The molecule has 0 radical (unpaired) electrons. The number of benzene rings is 2. The third-order valence-corrected chi connectivity index (χ3v) is 5.27. The first-order valence-electron chi connectivity index (χ1n) is 9.71. The van der Waals surface area contributed by atoms with Gasteiger partial charge in [-0.15, -0.1) is 0 Å². The van der Waals surface area contributed by atoms with Crippen molar-refractivity contribution in [1.29, 1.82) is 0 Å². The summed E-state index contributed by atoms with van der Waals surface area (Å²) in [7, 11) is 0. The predicted molar refractivity (Wildman–Crippen MR) is 110 cm³/mol. The molecule has 0 bridgehead atoms. The number of nitrogens with zero attached hydrogens (tertiary/aromatic N) is 3. The van der Waals surface area contributed by atoms with E-state index in [2.05, 4.69) is 22.1 Å². The highest BCUT2D eigenvalue weighted by molar-refractivity contribution is 5.94. The number of nitrogens with two attached hydrogens (primary N) is 1. The molecule has 4 rings (SSSR count). The van der Waals surface area contributed by atoms with Gasteiger partial charge in [0.25, 0.3) is 5.91 Å². The Bertz CT molecular complexity index is 936. The molecule has 1 aliphatic rings. The standard InChI is InChI=1S/C23H24N4O/c24-21-13-14-25-22(26-21)19-9-11-20(12-10-19)23(28)27(16-18-7-4-8-18)15-17-5-2-1-3-6-17/h1-3,5-6,9-14,18H,4,7-8,15-16H2,(H2,24,25,26). The van der Waals surface area contributed by atoms with Crippen LogP contribution >= 0.6 is 0 Å². The molecule has 3 aromatic rings. The lowest BCUT2D eigenvalue weighted by Crippen LogP contribution is -2.37. The molecule has 5 heteroatoms. The Labute approximate surface area is 165 Å². The van der Waals surface area contributed by atoms with Crippen molar-refractivity contribution in [3.05, 3.63) is 78.0 Å². The van der Waals surface area contributed by atoms with Gasteiger partial charge in [-0.05, 0) is 42.5 Å². The average Bonchev–Trinajstić information content (AvgIpc) is 2.70. The summed E-state index contributed by atoms with van der Waals surface area (Å²) < 4.78 is 0. The van der Waals surface area contributed by atoms with Crippen LogP contribution in [0.15, 0.2) is 66.9 Å². The number of amides is 1. The quantitative estimate of drug-likeness (QED) is 0.705. The molecule has 142 valence electrons. The van der Waals surface area contributed by atoms with Crippen LogP contribution in [0.5, 0.6) is 0 Å². The molecule has 0 aliphatic heterocycles. The van der Waals surface area contributed by atoms with Gasteiger partial charge >= 0.3 is 0 Å². The molecule has 1 amide bonds. The molecule has 5 nitrogen and oxygen atoms in total. The normalized spacial score (nSPS) is 13.7. The lowest BCUT2D eigenvalue weighted by molar-refractivity contribution is 0.0679. The van der Waals surface area contributed by atoms with E-state index in [-0.39, 0.29) is 5.91 Å². The molecule has 2 aromatic carbocycles. The van der Waals surface area contributed by atoms with Gasteiger partial charge in [0, 0.05) is 30.4 Å². The summed E-state index contributed by atoms with van der Waals surface area (Å²) in [5, 5.41) is 0. The summed E-state index contributed by atoms with van der Waals surface area (Å²) in [5.41, 5.74) is 8.42. The summed E-state index contributed by atoms with van der Waals surface area (Å²) >= 11 is 0. The van der Waals surface area contributed by atoms with E-state index >= 15 is 0 Å². The maximum Gasteiger partial charge on any atom is 0.254 e. The maximum absolute atomic E-state index is 13.2. The van der Waals surface area contributed by atoms with Crippen LogP contribution in [0.3, 0.4) is 0 Å². The molecular formula is C23H24N4O. The molecule has 0 saturated heterocycles. The fourth-order valence-corrected chi connectivity index (χ4v) is 3.47. The Morgan fingerprint density at radius 2 is 1.79 bits per heavy atom. The fourth-order valence-electron chi connectivity index (χ4n) is 3.47. The van der Waals surface area contributed by atoms with Crippen LogP contribution in [0.4, 0.5) is 5.82 Å². The zero-order chi connectivity index (χ0) is 19.3. The third kappa shape index (κ3) is 4.19. The zero-order valence-electron chi connectivity index (χ0n) is 15.8. The highest BCUT2D eigenvalue weighted by atomic mass is 16.2. The summed E-state index contributed by atoms with van der Waals surface area (Å²) in [4.78, 5) is 23.7. The second-order valence-electron chi connectivity index (χ2n) is 7.35. The number of anilines is 1. The lowest BCUT2D eigenvalue weighted by Gasteiger charge is -2.32. The van der Waals surface area contributed by atoms with Crippen LogP contribution < -0.4 is 5.73 Å². The first-order valence-corrected chi connectivity index (χ1v) is 9.71. The summed E-state index contributed by atoms with van der Waals surface area (Å²) in [6, 6.07) is 19.3. The van der Waals surface area contributed by atoms with Crippen molar-refractivity contribution in [2.45, 2.75) is 25.8 Å². The number of aromatic nitrogens is 2. The summed E-state index contributed by atoms with van der Waals surface area (Å²) in [6.45, 7) is 1.45. The van der Waals surface area contributed by atoms with E-state index in [4.69, 9.17) is 5.73 Å². The van der Waals surface area contributed by atoms with Crippen molar-refractivity contribution in [3.63, 3.8) is 0 Å². The van der Waals surface area contributed by atoms with E-state index in [9.17, 15) is 4.79 Å². The van der Waals surface area contributed by atoms with Crippen LogP contribution in [0.25, 0.3) is 11.4 Å². The Balaban J connectivity index is 1.53. The van der Waals surface area contributed by atoms with Crippen molar-refractivity contribution in [2.75, 3.05) is 12.3 Å². The van der Waals surface area contributed by atoms with Gasteiger partial charge in [-0.25, -0.2) is 9.97 Å². The minimum atomic E-state index is 0.0656. The number of carbonyl (C=O) groups is 1. The number of hydrogen-bond acceptors (Lipinski definition) is 4. The molecular weight excluding hydrogens is 348 g/mol. The Morgan fingerprint density at radius 1 is 1.04 bits per heavy atom. The summed E-state index contributed by atoms with van der Waals surface area (Å²) in [5.74, 6) is 1.68. The molecule has 0 atom stereocenters. The van der Waals surface area contributed by atoms with Gasteiger partial charge < -0.3 is 10.6 Å². The summed E-state index contributed by atoms with van der Waals surface area (Å²) in [6.07, 6.45) is 5.33. The molecule has 0 unspecified atom stereocenters. The minimum absolute atomic E-state index is 0.0656. The van der Waals surface area contributed by atoms with E-state index in [1.165, 1.54) is 19.3 Å². The monoisotopic (exact) mass is 372 g/mol. The SMILES string of the molecule is Nc1ccnc(-c2ccc(C(=O)N(Cc3ccccc3)CC3CCC3)cc2)n1. The fraction of sp³-hybridized carbons (Fsp3) is 0.261. The Morgan fingerprint density at radius 3 is 2.43 bits per heavy atom. The Hall–Kier alpha value is -3.21. The van der Waals surface area contributed by atoms with Crippen molar-refractivity contribution >= 4 is 11.7 Å². The van der Waals surface area contributed by atoms with Crippen molar-refractivity contribution in [1.82, 2.24) is 14.9 Å². The van der Waals surface area contributed by atoms with Crippen molar-refractivity contribution in [2.24, 2.45) is 5.92 Å². The van der Waals surface area contributed by atoms with Gasteiger partial charge in [-0.3, -0.25) is 4.79 Å². The first kappa shape index (κ1) is 18.2. The second-order valence-corrected chi connectivity index (χ2v) is 7.35. The number of rotatable bonds is 6. The van der Waals surface area contributed by atoms with E-state index in [1.54, 1.807) is 12.3 Å². The molecule has 1 aromatic heterocycles.